The van der Waals surface area contributed by atoms with Crippen molar-refractivity contribution in [2.75, 3.05) is 12.8 Å². The molecule has 10 heteroatoms. The van der Waals surface area contributed by atoms with Crippen LogP contribution in [-0.2, 0) is 0 Å². The van der Waals surface area contributed by atoms with E-state index in [-0.39, 0.29) is 28.3 Å². The Morgan fingerprint density at radius 1 is 1.00 bits per heavy atom. The van der Waals surface area contributed by atoms with Crippen LogP contribution in [0.25, 0.3) is 44.4 Å². The van der Waals surface area contributed by atoms with Crippen LogP contribution in [0.1, 0.15) is 18.7 Å². The molecule has 3 heterocycles. The molecule has 0 fully saturated rings. The van der Waals surface area contributed by atoms with Crippen molar-refractivity contribution < 1.29 is 17.9 Å². The van der Waals surface area contributed by atoms with Crippen molar-refractivity contribution >= 4 is 27.8 Å². The molecule has 0 saturated carbocycles. The number of hydrogen-bond donors (Lipinski definition) is 1. The fraction of sp³-hybridized carbons (Fsp3) is 0.103. The zero-order valence-corrected chi connectivity index (χ0v) is 20.9. The number of halogens is 2. The Bertz CT molecular complexity index is 1950. The minimum atomic E-state index is -0.714. The molecule has 6 rings (SSSR count). The number of nitrogens with two attached hydrogens (primary N) is 1. The third-order valence-corrected chi connectivity index (χ3v) is 6.63. The summed E-state index contributed by atoms with van der Waals surface area (Å²) in [7, 11) is 1.38. The van der Waals surface area contributed by atoms with Gasteiger partial charge in [-0.05, 0) is 55.0 Å². The fourth-order valence-electron chi connectivity index (χ4n) is 4.76. The van der Waals surface area contributed by atoms with Gasteiger partial charge < -0.3 is 14.9 Å². The first kappa shape index (κ1) is 24.2. The smallest absolute Gasteiger partial charge is 0.200 e. The lowest BCUT2D eigenvalue weighted by Gasteiger charge is -2.17. The van der Waals surface area contributed by atoms with Gasteiger partial charge in [-0.15, -0.1) is 0 Å². The Morgan fingerprint density at radius 2 is 1.82 bits per heavy atom. The Morgan fingerprint density at radius 3 is 2.59 bits per heavy atom. The van der Waals surface area contributed by atoms with Crippen molar-refractivity contribution in [1.82, 2.24) is 19.7 Å². The molecule has 0 aliphatic rings. The molecule has 0 spiro atoms. The molecular formula is C29H21F2N5O3. The molecule has 0 saturated heterocycles. The maximum Gasteiger partial charge on any atom is 0.200 e. The normalized spacial score (nSPS) is 12.2. The lowest BCUT2D eigenvalue weighted by molar-refractivity contribution is 0.386. The van der Waals surface area contributed by atoms with Gasteiger partial charge >= 0.3 is 0 Å². The van der Waals surface area contributed by atoms with Crippen molar-refractivity contribution in [3.63, 3.8) is 0 Å². The molecule has 1 atom stereocenters. The first-order valence-corrected chi connectivity index (χ1v) is 12.0. The van der Waals surface area contributed by atoms with Crippen LogP contribution in [0.5, 0.6) is 5.75 Å². The highest BCUT2D eigenvalue weighted by Crippen LogP contribution is 2.37. The molecule has 194 valence electrons. The van der Waals surface area contributed by atoms with Crippen LogP contribution in [0.4, 0.5) is 14.6 Å². The maximum atomic E-state index is 14.6. The van der Waals surface area contributed by atoms with E-state index in [1.165, 1.54) is 43.8 Å². The third-order valence-electron chi connectivity index (χ3n) is 6.63. The van der Waals surface area contributed by atoms with E-state index in [1.54, 1.807) is 48.0 Å². The van der Waals surface area contributed by atoms with Crippen molar-refractivity contribution in [2.24, 2.45) is 0 Å². The van der Waals surface area contributed by atoms with E-state index >= 15 is 0 Å². The summed E-state index contributed by atoms with van der Waals surface area (Å²) < 4.78 is 41.8. The van der Waals surface area contributed by atoms with E-state index in [1.807, 2.05) is 0 Å². The summed E-state index contributed by atoms with van der Waals surface area (Å²) in [6, 6.07) is 16.3. The highest BCUT2D eigenvalue weighted by atomic mass is 19.1. The number of benzene rings is 3. The Labute approximate surface area is 220 Å². The lowest BCUT2D eigenvalue weighted by Crippen LogP contribution is -2.16. The first-order valence-electron chi connectivity index (χ1n) is 12.0. The van der Waals surface area contributed by atoms with Crippen LogP contribution in [0.15, 0.2) is 82.3 Å². The monoisotopic (exact) mass is 525 g/mol. The van der Waals surface area contributed by atoms with Gasteiger partial charge in [0, 0.05) is 5.56 Å². The first-order chi connectivity index (χ1) is 18.9. The summed E-state index contributed by atoms with van der Waals surface area (Å²) in [6.07, 6.45) is 1.30. The topological polar surface area (TPSA) is 109 Å². The zero-order chi connectivity index (χ0) is 27.3. The minimum Gasteiger partial charge on any atom is -0.494 e. The van der Waals surface area contributed by atoms with Gasteiger partial charge in [0.2, 0.25) is 5.43 Å². The average Bonchev–Trinajstić information content (AvgIpc) is 3.33. The summed E-state index contributed by atoms with van der Waals surface area (Å²) in [5, 5.41) is 5.51. The Hall–Kier alpha value is -5.12. The number of nitrogen functional groups attached to an aromatic ring is 1. The number of rotatable bonds is 5. The number of fused-ring (bicyclic) bond motifs is 2. The molecule has 0 bridgehead atoms. The highest BCUT2D eigenvalue weighted by Gasteiger charge is 2.27. The predicted octanol–water partition coefficient (Wildman–Crippen LogP) is 5.75. The predicted molar refractivity (Wildman–Crippen MR) is 143 cm³/mol. The van der Waals surface area contributed by atoms with Crippen molar-refractivity contribution in [3.8, 4) is 28.1 Å². The number of nitrogens with zero attached hydrogens (tertiary/aromatic N) is 4. The molecule has 0 amide bonds. The summed E-state index contributed by atoms with van der Waals surface area (Å²) in [4.78, 5) is 22.2. The standard InChI is InChI=1S/C29H21F2N5O3/c1-15(27-23(16-6-5-7-18(30)12-16)26(37)19-8-3-4-9-21(19)39-27)36-29-24(28(32)33-14-34-29)25(35-36)17-10-11-22(38-2)20(31)13-17/h3-15H,1-2H3,(H2,32,33,34). The van der Waals surface area contributed by atoms with E-state index in [0.29, 0.717) is 38.8 Å². The summed E-state index contributed by atoms with van der Waals surface area (Å²) in [6.45, 7) is 1.78. The van der Waals surface area contributed by atoms with E-state index in [4.69, 9.17) is 20.0 Å². The van der Waals surface area contributed by atoms with Crippen LogP contribution >= 0.6 is 0 Å². The molecule has 0 radical (unpaired) electrons. The molecule has 0 aliphatic carbocycles. The van der Waals surface area contributed by atoms with Crippen LogP contribution in [-0.4, -0.2) is 26.9 Å². The van der Waals surface area contributed by atoms with E-state index in [2.05, 4.69) is 9.97 Å². The van der Waals surface area contributed by atoms with Crippen LogP contribution in [0.3, 0.4) is 0 Å². The summed E-state index contributed by atoms with van der Waals surface area (Å²) in [5.74, 6) is -0.589. The summed E-state index contributed by atoms with van der Waals surface area (Å²) >= 11 is 0. The fourth-order valence-corrected chi connectivity index (χ4v) is 4.76. The van der Waals surface area contributed by atoms with Gasteiger partial charge in [0.15, 0.2) is 17.2 Å². The maximum absolute atomic E-state index is 14.6. The van der Waals surface area contributed by atoms with E-state index in [9.17, 15) is 13.6 Å². The third kappa shape index (κ3) is 3.97. The number of aromatic nitrogens is 4. The zero-order valence-electron chi connectivity index (χ0n) is 20.9. The Balaban J connectivity index is 1.63. The van der Waals surface area contributed by atoms with Crippen LogP contribution in [0, 0.1) is 11.6 Å². The molecule has 1 unspecified atom stereocenters. The minimum absolute atomic E-state index is 0.0813. The second kappa shape index (κ2) is 9.32. The lowest BCUT2D eigenvalue weighted by atomic mass is 9.99. The van der Waals surface area contributed by atoms with Gasteiger partial charge in [-0.3, -0.25) is 4.79 Å². The molecule has 0 aliphatic heterocycles. The number of para-hydroxylation sites is 1. The second-order valence-electron chi connectivity index (χ2n) is 8.95. The molecule has 6 aromatic rings. The number of hydrogen-bond acceptors (Lipinski definition) is 7. The number of methoxy groups -OCH3 is 1. The number of ether oxygens (including phenoxy) is 1. The van der Waals surface area contributed by atoms with E-state index in [0.717, 1.165) is 0 Å². The molecule has 3 aromatic carbocycles. The van der Waals surface area contributed by atoms with Crippen molar-refractivity contribution in [2.45, 2.75) is 13.0 Å². The van der Waals surface area contributed by atoms with Gasteiger partial charge in [0.25, 0.3) is 0 Å². The quantitative estimate of drug-likeness (QED) is 0.305. The van der Waals surface area contributed by atoms with Gasteiger partial charge in [-0.25, -0.2) is 23.4 Å². The molecule has 8 nitrogen and oxygen atoms in total. The Kier molecular flexibility index (Phi) is 5.79. The molecule has 39 heavy (non-hydrogen) atoms. The highest BCUT2D eigenvalue weighted by molar-refractivity contribution is 5.98. The molecular weight excluding hydrogens is 504 g/mol. The van der Waals surface area contributed by atoms with Gasteiger partial charge in [-0.1, -0.05) is 24.3 Å². The summed E-state index contributed by atoms with van der Waals surface area (Å²) in [5.41, 5.74) is 7.97. The van der Waals surface area contributed by atoms with Crippen LogP contribution in [0.2, 0.25) is 0 Å². The molecule has 3 aromatic heterocycles. The molecule has 2 N–H and O–H groups in total. The second-order valence-corrected chi connectivity index (χ2v) is 8.95. The van der Waals surface area contributed by atoms with Gasteiger partial charge in [0.05, 0.1) is 23.4 Å². The largest absolute Gasteiger partial charge is 0.494 e. The SMILES string of the molecule is COc1ccc(-c2nn(C(C)c3oc4ccccc4c(=O)c3-c3cccc(F)c3)c3ncnc(N)c23)cc1F. The number of anilines is 1. The van der Waals surface area contributed by atoms with Crippen LogP contribution < -0.4 is 15.9 Å². The van der Waals surface area contributed by atoms with Crippen molar-refractivity contribution in [1.29, 1.82) is 0 Å². The van der Waals surface area contributed by atoms with Gasteiger partial charge in [-0.2, -0.15) is 5.10 Å². The van der Waals surface area contributed by atoms with Gasteiger partial charge in [0.1, 0.15) is 41.0 Å². The average molecular weight is 526 g/mol. The van der Waals surface area contributed by atoms with Crippen molar-refractivity contribution in [3.05, 3.63) is 101 Å². The van der Waals surface area contributed by atoms with E-state index < -0.39 is 17.7 Å².